The van der Waals surface area contributed by atoms with Gasteiger partial charge < -0.3 is 4.57 Å². The fourth-order valence-electron chi connectivity index (χ4n) is 2.75. The van der Waals surface area contributed by atoms with E-state index in [0.29, 0.717) is 6.04 Å². The molecule has 0 amide bonds. The van der Waals surface area contributed by atoms with Gasteiger partial charge in [0.2, 0.25) is 0 Å². The molecule has 4 heteroatoms. The number of likely N-dealkylation sites (tertiary alicyclic amines) is 1. The molecule has 0 N–H and O–H groups in total. The average Bonchev–Trinajstić information content (AvgIpc) is 2.81. The first-order chi connectivity index (χ1) is 9.55. The molecule has 1 fully saturated rings. The number of aromatic nitrogens is 3. The molecular weight excluding hydrogens is 248 g/mol. The van der Waals surface area contributed by atoms with Crippen LogP contribution in [0, 0.1) is 0 Å². The van der Waals surface area contributed by atoms with Crippen LogP contribution < -0.4 is 0 Å². The summed E-state index contributed by atoms with van der Waals surface area (Å²) in [7, 11) is 0. The zero-order valence-electron chi connectivity index (χ0n) is 12.9. The molecule has 1 aliphatic rings. The molecule has 0 unspecified atom stereocenters. The van der Waals surface area contributed by atoms with Crippen molar-refractivity contribution >= 4 is 11.0 Å². The number of likely N-dealkylation sites (N-methyl/N-ethyl adjacent to an activating group) is 1. The number of nitrogens with zero attached hydrogens (tertiary/aromatic N) is 4. The minimum absolute atomic E-state index is 0.123. The Kier molecular flexibility index (Phi) is 3.28. The van der Waals surface area contributed by atoms with Crippen LogP contribution in [0.5, 0.6) is 0 Å². The predicted octanol–water partition coefficient (Wildman–Crippen LogP) is 3.00. The van der Waals surface area contributed by atoms with Gasteiger partial charge in [0.25, 0.3) is 0 Å². The van der Waals surface area contributed by atoms with Gasteiger partial charge in [0.15, 0.2) is 0 Å². The first-order valence-corrected chi connectivity index (χ1v) is 7.60. The summed E-state index contributed by atoms with van der Waals surface area (Å²) < 4.78 is 2.33. The largest absolute Gasteiger partial charge is 0.325 e. The Morgan fingerprint density at radius 3 is 2.65 bits per heavy atom. The third-order valence-corrected chi connectivity index (χ3v) is 4.82. The van der Waals surface area contributed by atoms with Crippen LogP contribution in [0.4, 0.5) is 0 Å². The lowest BCUT2D eigenvalue weighted by Gasteiger charge is -2.39. The maximum Gasteiger partial charge on any atom is 0.107 e. The van der Waals surface area contributed by atoms with Crippen LogP contribution in [0.25, 0.3) is 11.0 Å². The Morgan fingerprint density at radius 2 is 2.00 bits per heavy atom. The molecule has 1 aliphatic heterocycles. The second-order valence-electron chi connectivity index (χ2n) is 6.45. The van der Waals surface area contributed by atoms with Crippen molar-refractivity contribution < 1.29 is 0 Å². The SMILES string of the molecule is CCN1CC(n2cnc3cnc(C(C)(C)CC)cc32)C1. The summed E-state index contributed by atoms with van der Waals surface area (Å²) in [4.78, 5) is 11.6. The monoisotopic (exact) mass is 272 g/mol. The molecule has 108 valence electrons. The topological polar surface area (TPSA) is 34.0 Å². The maximum atomic E-state index is 4.61. The number of fused-ring (bicyclic) bond motifs is 1. The highest BCUT2D eigenvalue weighted by atomic mass is 15.3. The molecule has 4 nitrogen and oxygen atoms in total. The van der Waals surface area contributed by atoms with Crippen molar-refractivity contribution in [3.63, 3.8) is 0 Å². The molecule has 1 saturated heterocycles. The Morgan fingerprint density at radius 1 is 1.25 bits per heavy atom. The van der Waals surface area contributed by atoms with Gasteiger partial charge in [-0.15, -0.1) is 0 Å². The fraction of sp³-hybridized carbons (Fsp3) is 0.625. The highest BCUT2D eigenvalue weighted by Gasteiger charge is 2.28. The summed E-state index contributed by atoms with van der Waals surface area (Å²) in [6.45, 7) is 12.3. The second kappa shape index (κ2) is 4.85. The molecule has 0 bridgehead atoms. The van der Waals surface area contributed by atoms with Crippen LogP contribution in [-0.2, 0) is 5.41 Å². The van der Waals surface area contributed by atoms with Gasteiger partial charge in [-0.05, 0) is 19.0 Å². The number of pyridine rings is 1. The van der Waals surface area contributed by atoms with Gasteiger partial charge in [-0.25, -0.2) is 4.98 Å². The number of hydrogen-bond donors (Lipinski definition) is 0. The van der Waals surface area contributed by atoms with E-state index < -0.39 is 0 Å². The summed E-state index contributed by atoms with van der Waals surface area (Å²) in [6, 6.07) is 2.81. The lowest BCUT2D eigenvalue weighted by Crippen LogP contribution is -2.47. The molecule has 0 aliphatic carbocycles. The summed E-state index contributed by atoms with van der Waals surface area (Å²) in [5.41, 5.74) is 3.53. The average molecular weight is 272 g/mol. The standard InChI is InChI=1S/C16H24N4/c1-5-16(3,4)15-7-14-13(8-17-15)18-11-20(14)12-9-19(6-2)10-12/h7-8,11-12H,5-6,9-10H2,1-4H3. The van der Waals surface area contributed by atoms with Gasteiger partial charge in [-0.3, -0.25) is 9.88 Å². The minimum Gasteiger partial charge on any atom is -0.325 e. The van der Waals surface area contributed by atoms with Crippen LogP contribution in [0.3, 0.4) is 0 Å². The quantitative estimate of drug-likeness (QED) is 0.858. The Balaban J connectivity index is 1.96. The highest BCUT2D eigenvalue weighted by molar-refractivity contribution is 5.75. The predicted molar refractivity (Wildman–Crippen MR) is 82.0 cm³/mol. The van der Waals surface area contributed by atoms with Crippen molar-refractivity contribution in [3.8, 4) is 0 Å². The molecule has 0 radical (unpaired) electrons. The molecule has 20 heavy (non-hydrogen) atoms. The molecule has 3 heterocycles. The Bertz CT molecular complexity index is 608. The van der Waals surface area contributed by atoms with Crippen LogP contribution in [0.1, 0.15) is 45.9 Å². The third kappa shape index (κ3) is 2.12. The van der Waals surface area contributed by atoms with Crippen molar-refractivity contribution in [1.29, 1.82) is 0 Å². The summed E-state index contributed by atoms with van der Waals surface area (Å²) >= 11 is 0. The van der Waals surface area contributed by atoms with E-state index in [1.165, 1.54) is 11.2 Å². The van der Waals surface area contributed by atoms with E-state index in [1.807, 2.05) is 12.5 Å². The van der Waals surface area contributed by atoms with Gasteiger partial charge in [-0.1, -0.05) is 27.7 Å². The van der Waals surface area contributed by atoms with Gasteiger partial charge in [0, 0.05) is 24.2 Å². The van der Waals surface area contributed by atoms with Crippen LogP contribution in [0.2, 0.25) is 0 Å². The molecule has 3 rings (SSSR count). The van der Waals surface area contributed by atoms with Crippen molar-refractivity contribution in [1.82, 2.24) is 19.4 Å². The second-order valence-corrected chi connectivity index (χ2v) is 6.45. The van der Waals surface area contributed by atoms with E-state index in [2.05, 4.69) is 53.2 Å². The number of rotatable bonds is 4. The van der Waals surface area contributed by atoms with Crippen molar-refractivity contribution in [2.75, 3.05) is 19.6 Å². The number of imidazole rings is 1. The van der Waals surface area contributed by atoms with Crippen molar-refractivity contribution in [3.05, 3.63) is 24.3 Å². The fourth-order valence-corrected chi connectivity index (χ4v) is 2.75. The molecule has 0 aromatic carbocycles. The molecular formula is C16H24N4. The van der Waals surface area contributed by atoms with Gasteiger partial charge in [-0.2, -0.15) is 0 Å². The summed E-state index contributed by atoms with van der Waals surface area (Å²) in [6.07, 6.45) is 4.99. The maximum absolute atomic E-state index is 4.61. The van der Waals surface area contributed by atoms with Crippen LogP contribution >= 0.6 is 0 Å². The molecule has 0 saturated carbocycles. The zero-order chi connectivity index (χ0) is 14.3. The van der Waals surface area contributed by atoms with Gasteiger partial charge in [0.1, 0.15) is 5.52 Å². The van der Waals surface area contributed by atoms with Gasteiger partial charge in [0.05, 0.1) is 24.1 Å². The van der Waals surface area contributed by atoms with E-state index in [4.69, 9.17) is 0 Å². The summed E-state index contributed by atoms with van der Waals surface area (Å²) in [5, 5.41) is 0. The van der Waals surface area contributed by atoms with E-state index in [-0.39, 0.29) is 5.41 Å². The van der Waals surface area contributed by atoms with Crippen LogP contribution in [0.15, 0.2) is 18.6 Å². The minimum atomic E-state index is 0.123. The smallest absolute Gasteiger partial charge is 0.107 e. The van der Waals surface area contributed by atoms with Crippen LogP contribution in [-0.4, -0.2) is 39.1 Å². The Labute approximate surface area is 120 Å². The van der Waals surface area contributed by atoms with Crippen molar-refractivity contribution in [2.45, 2.75) is 45.6 Å². The van der Waals surface area contributed by atoms with Gasteiger partial charge >= 0.3 is 0 Å². The first kappa shape index (κ1) is 13.6. The van der Waals surface area contributed by atoms with E-state index in [1.54, 1.807) is 0 Å². The molecule has 0 atom stereocenters. The molecule has 2 aromatic rings. The lowest BCUT2D eigenvalue weighted by molar-refractivity contribution is 0.117. The molecule has 0 spiro atoms. The Hall–Kier alpha value is -1.42. The van der Waals surface area contributed by atoms with E-state index >= 15 is 0 Å². The summed E-state index contributed by atoms with van der Waals surface area (Å²) in [5.74, 6) is 0. The van der Waals surface area contributed by atoms with Crippen molar-refractivity contribution in [2.24, 2.45) is 0 Å². The van der Waals surface area contributed by atoms with E-state index in [9.17, 15) is 0 Å². The molecule has 2 aromatic heterocycles. The first-order valence-electron chi connectivity index (χ1n) is 7.60. The zero-order valence-corrected chi connectivity index (χ0v) is 12.9. The van der Waals surface area contributed by atoms with E-state index in [0.717, 1.165) is 31.6 Å². The highest BCUT2D eigenvalue weighted by Crippen LogP contribution is 2.29. The normalized spacial score (nSPS) is 17.6. The third-order valence-electron chi connectivity index (χ3n) is 4.82. The number of hydrogen-bond acceptors (Lipinski definition) is 3. The lowest BCUT2D eigenvalue weighted by atomic mass is 9.86.